The van der Waals surface area contributed by atoms with Gasteiger partial charge in [-0.25, -0.2) is 0 Å². The van der Waals surface area contributed by atoms with Gasteiger partial charge in [0.25, 0.3) is 5.69 Å². The summed E-state index contributed by atoms with van der Waals surface area (Å²) >= 11 is 1.45. The van der Waals surface area contributed by atoms with Crippen LogP contribution in [0, 0.1) is 17.0 Å². The molecule has 0 saturated heterocycles. The zero-order valence-electron chi connectivity index (χ0n) is 20.6. The highest BCUT2D eigenvalue weighted by molar-refractivity contribution is 7.99. The summed E-state index contributed by atoms with van der Waals surface area (Å²) in [5.41, 5.74) is 3.11. The van der Waals surface area contributed by atoms with E-state index in [1.54, 1.807) is 17.0 Å². The SMILES string of the molecule is CC[C@@H](C(=O)NC1CCCCC1)N(Cc1ccc(C)cc1)C(=O)CSCc1ccc([N+](=O)[O-])cc1. The molecule has 1 saturated carbocycles. The highest BCUT2D eigenvalue weighted by atomic mass is 32.2. The lowest BCUT2D eigenvalue weighted by atomic mass is 9.95. The number of carbonyl (C=O) groups excluding carboxylic acids is 2. The summed E-state index contributed by atoms with van der Waals surface area (Å²) in [4.78, 5) is 38.8. The van der Waals surface area contributed by atoms with E-state index in [9.17, 15) is 19.7 Å². The number of nitrogens with one attached hydrogen (secondary N) is 1. The molecule has 2 aromatic rings. The summed E-state index contributed by atoms with van der Waals surface area (Å²) in [6.45, 7) is 4.35. The average Bonchev–Trinajstić information content (AvgIpc) is 2.86. The Morgan fingerprint density at radius 2 is 1.69 bits per heavy atom. The van der Waals surface area contributed by atoms with Crippen molar-refractivity contribution in [3.8, 4) is 0 Å². The van der Waals surface area contributed by atoms with Gasteiger partial charge in [-0.05, 0) is 37.3 Å². The van der Waals surface area contributed by atoms with Crippen LogP contribution in [0.3, 0.4) is 0 Å². The van der Waals surface area contributed by atoms with Gasteiger partial charge >= 0.3 is 0 Å². The molecule has 8 heteroatoms. The van der Waals surface area contributed by atoms with Crippen LogP contribution in [-0.4, -0.2) is 39.5 Å². The summed E-state index contributed by atoms with van der Waals surface area (Å²) in [5, 5.41) is 14.1. The van der Waals surface area contributed by atoms with Gasteiger partial charge in [0, 0.05) is 30.5 Å². The third-order valence-electron chi connectivity index (χ3n) is 6.45. The lowest BCUT2D eigenvalue weighted by molar-refractivity contribution is -0.384. The minimum atomic E-state index is -0.522. The molecular weight excluding hydrogens is 462 g/mol. The lowest BCUT2D eigenvalue weighted by Gasteiger charge is -2.32. The van der Waals surface area contributed by atoms with Crippen molar-refractivity contribution < 1.29 is 14.5 Å². The van der Waals surface area contributed by atoms with E-state index in [1.807, 2.05) is 38.1 Å². The molecule has 35 heavy (non-hydrogen) atoms. The van der Waals surface area contributed by atoms with Gasteiger partial charge in [-0.1, -0.05) is 68.1 Å². The molecule has 2 amide bonds. The lowest BCUT2D eigenvalue weighted by Crippen LogP contribution is -2.52. The summed E-state index contributed by atoms with van der Waals surface area (Å²) < 4.78 is 0. The Labute approximate surface area is 211 Å². The quantitative estimate of drug-likeness (QED) is 0.332. The largest absolute Gasteiger partial charge is 0.352 e. The minimum Gasteiger partial charge on any atom is -0.352 e. The molecular formula is C27H35N3O4S. The zero-order chi connectivity index (χ0) is 25.2. The van der Waals surface area contributed by atoms with Crippen LogP contribution in [0.15, 0.2) is 48.5 Å². The summed E-state index contributed by atoms with van der Waals surface area (Å²) in [6, 6.07) is 14.1. The molecule has 0 aliphatic heterocycles. The maximum Gasteiger partial charge on any atom is 0.269 e. The second-order valence-corrected chi connectivity index (χ2v) is 10.2. The number of non-ortho nitro benzene ring substituents is 1. The second-order valence-electron chi connectivity index (χ2n) is 9.19. The van der Waals surface area contributed by atoms with E-state index in [1.165, 1.54) is 30.3 Å². The molecule has 188 valence electrons. The maximum absolute atomic E-state index is 13.4. The maximum atomic E-state index is 13.4. The third kappa shape index (κ3) is 8.09. The van der Waals surface area contributed by atoms with Crippen LogP contribution in [0.25, 0.3) is 0 Å². The van der Waals surface area contributed by atoms with Gasteiger partial charge in [0.15, 0.2) is 0 Å². The number of rotatable bonds is 11. The van der Waals surface area contributed by atoms with Crippen LogP contribution in [0.2, 0.25) is 0 Å². The van der Waals surface area contributed by atoms with Crippen molar-refractivity contribution in [1.29, 1.82) is 0 Å². The Morgan fingerprint density at radius 3 is 2.29 bits per heavy atom. The molecule has 0 spiro atoms. The second kappa shape index (κ2) is 13.3. The van der Waals surface area contributed by atoms with Gasteiger partial charge < -0.3 is 10.2 Å². The Hall–Kier alpha value is -2.87. The molecule has 7 nitrogen and oxygen atoms in total. The number of hydrogen-bond acceptors (Lipinski definition) is 5. The molecule has 1 N–H and O–H groups in total. The van der Waals surface area contributed by atoms with Crippen LogP contribution in [-0.2, 0) is 21.9 Å². The van der Waals surface area contributed by atoms with Gasteiger partial charge in [-0.15, -0.1) is 11.8 Å². The number of amides is 2. The van der Waals surface area contributed by atoms with Crippen LogP contribution in [0.1, 0.15) is 62.1 Å². The monoisotopic (exact) mass is 497 g/mol. The van der Waals surface area contributed by atoms with E-state index in [4.69, 9.17) is 0 Å². The van der Waals surface area contributed by atoms with Crippen LogP contribution < -0.4 is 5.32 Å². The molecule has 2 aromatic carbocycles. The predicted octanol–water partition coefficient (Wildman–Crippen LogP) is 5.39. The number of carbonyl (C=O) groups is 2. The molecule has 1 aliphatic rings. The van der Waals surface area contributed by atoms with Crippen molar-refractivity contribution in [2.75, 3.05) is 5.75 Å². The molecule has 0 aromatic heterocycles. The minimum absolute atomic E-state index is 0.0499. The van der Waals surface area contributed by atoms with E-state index in [0.717, 1.165) is 42.4 Å². The molecule has 1 atom stereocenters. The Morgan fingerprint density at radius 1 is 1.06 bits per heavy atom. The third-order valence-corrected chi connectivity index (χ3v) is 7.44. The van der Waals surface area contributed by atoms with Crippen LogP contribution in [0.4, 0.5) is 5.69 Å². The summed E-state index contributed by atoms with van der Waals surface area (Å²) in [5.74, 6) is 0.645. The number of nitro groups is 1. The average molecular weight is 498 g/mol. The van der Waals surface area contributed by atoms with E-state index in [0.29, 0.717) is 18.7 Å². The smallest absolute Gasteiger partial charge is 0.269 e. The van der Waals surface area contributed by atoms with E-state index < -0.39 is 11.0 Å². The van der Waals surface area contributed by atoms with Gasteiger partial charge in [-0.2, -0.15) is 0 Å². The Kier molecular flexibility index (Phi) is 10.1. The fraction of sp³-hybridized carbons (Fsp3) is 0.481. The van der Waals surface area contributed by atoms with Crippen LogP contribution in [0.5, 0.6) is 0 Å². The van der Waals surface area contributed by atoms with Crippen molar-refractivity contribution in [1.82, 2.24) is 10.2 Å². The molecule has 0 heterocycles. The van der Waals surface area contributed by atoms with Crippen molar-refractivity contribution >= 4 is 29.3 Å². The predicted molar refractivity (Wildman–Crippen MR) is 140 cm³/mol. The molecule has 0 unspecified atom stereocenters. The highest BCUT2D eigenvalue weighted by Crippen LogP contribution is 2.21. The number of thioether (sulfide) groups is 1. The molecule has 0 radical (unpaired) electrons. The first-order valence-corrected chi connectivity index (χ1v) is 13.5. The number of nitrogens with zero attached hydrogens (tertiary/aromatic N) is 2. The van der Waals surface area contributed by atoms with Gasteiger partial charge in [-0.3, -0.25) is 19.7 Å². The Bertz CT molecular complexity index is 988. The fourth-order valence-corrected chi connectivity index (χ4v) is 5.28. The normalized spacial score (nSPS) is 14.8. The summed E-state index contributed by atoms with van der Waals surface area (Å²) in [7, 11) is 0. The fourth-order valence-electron chi connectivity index (χ4n) is 4.41. The van der Waals surface area contributed by atoms with Crippen LogP contribution >= 0.6 is 11.8 Å². The topological polar surface area (TPSA) is 92.6 Å². The van der Waals surface area contributed by atoms with Gasteiger partial charge in [0.05, 0.1) is 10.7 Å². The molecule has 0 bridgehead atoms. The highest BCUT2D eigenvalue weighted by Gasteiger charge is 2.30. The number of hydrogen-bond donors (Lipinski definition) is 1. The molecule has 1 fully saturated rings. The molecule has 3 rings (SSSR count). The van der Waals surface area contributed by atoms with Crippen molar-refractivity contribution in [3.63, 3.8) is 0 Å². The summed E-state index contributed by atoms with van der Waals surface area (Å²) in [6.07, 6.45) is 6.02. The first-order chi connectivity index (χ1) is 16.9. The van der Waals surface area contributed by atoms with Crippen molar-refractivity contribution in [2.45, 2.75) is 76.8 Å². The number of benzene rings is 2. The van der Waals surface area contributed by atoms with Gasteiger partial charge in [0.1, 0.15) is 6.04 Å². The standard InChI is InChI=1S/C27H35N3O4S/c1-3-25(27(32)28-23-7-5-4-6-8-23)29(17-21-11-9-20(2)10-12-21)26(31)19-35-18-22-13-15-24(16-14-22)30(33)34/h9-16,23,25H,3-8,17-19H2,1-2H3,(H,28,32)/t25-/m0/s1. The van der Waals surface area contributed by atoms with E-state index in [2.05, 4.69) is 5.32 Å². The first-order valence-electron chi connectivity index (χ1n) is 12.3. The zero-order valence-corrected chi connectivity index (χ0v) is 21.4. The first kappa shape index (κ1) is 26.7. The van der Waals surface area contributed by atoms with Gasteiger partial charge in [0.2, 0.25) is 11.8 Å². The molecule has 1 aliphatic carbocycles. The van der Waals surface area contributed by atoms with Crippen molar-refractivity contribution in [2.24, 2.45) is 0 Å². The Balaban J connectivity index is 1.67. The number of nitro benzene ring substituents is 1. The number of aryl methyl sites for hydroxylation is 1. The van der Waals surface area contributed by atoms with E-state index in [-0.39, 0.29) is 29.3 Å². The van der Waals surface area contributed by atoms with Crippen molar-refractivity contribution in [3.05, 3.63) is 75.3 Å². The van der Waals surface area contributed by atoms with E-state index >= 15 is 0 Å².